The molecule has 2 aromatic carbocycles. The van der Waals surface area contributed by atoms with E-state index < -0.39 is 27.3 Å². The highest BCUT2D eigenvalue weighted by atomic mass is 32.2. The number of hydrogen-bond acceptors (Lipinski definition) is 6. The zero-order chi connectivity index (χ0) is 18.7. The summed E-state index contributed by atoms with van der Waals surface area (Å²) in [6.45, 7) is 1.90. The number of rotatable bonds is 5. The fourth-order valence-electron chi connectivity index (χ4n) is 2.14. The van der Waals surface area contributed by atoms with Crippen LogP contribution in [0.5, 0.6) is 0 Å². The molecule has 0 spiro atoms. The maximum atomic E-state index is 13.7. The number of halogens is 1. The van der Waals surface area contributed by atoms with Crippen LogP contribution in [0, 0.1) is 12.7 Å². The van der Waals surface area contributed by atoms with Gasteiger partial charge in [0.25, 0.3) is 5.91 Å². The van der Waals surface area contributed by atoms with Crippen LogP contribution in [0.1, 0.15) is 21.5 Å². The predicted octanol–water partition coefficient (Wildman–Crippen LogP) is 3.21. The molecule has 26 heavy (non-hydrogen) atoms. The van der Waals surface area contributed by atoms with Crippen LogP contribution in [0.2, 0.25) is 0 Å². The molecule has 3 aromatic rings. The Balaban J connectivity index is 1.75. The second-order valence-electron chi connectivity index (χ2n) is 5.54. The third-order valence-electron chi connectivity index (χ3n) is 3.51. The molecule has 0 fully saturated rings. The van der Waals surface area contributed by atoms with Gasteiger partial charge >= 0.3 is 0 Å². The molecule has 6 nitrogen and oxygen atoms in total. The lowest BCUT2D eigenvalue weighted by molar-refractivity contribution is 0.102. The van der Waals surface area contributed by atoms with Crippen molar-refractivity contribution in [2.24, 2.45) is 0 Å². The molecule has 134 valence electrons. The van der Waals surface area contributed by atoms with E-state index in [1.54, 1.807) is 30.3 Å². The third kappa shape index (κ3) is 4.12. The predicted molar refractivity (Wildman–Crippen MR) is 96.3 cm³/mol. The van der Waals surface area contributed by atoms with Gasteiger partial charge in [0, 0.05) is 11.1 Å². The number of benzene rings is 2. The van der Waals surface area contributed by atoms with E-state index in [0.29, 0.717) is 5.56 Å². The van der Waals surface area contributed by atoms with Crippen LogP contribution < -0.4 is 5.32 Å². The number of carbonyl (C=O) groups is 1. The largest absolute Gasteiger partial charge is 0.296 e. The first kappa shape index (κ1) is 18.2. The molecular formula is C17H14FN3O3S2. The summed E-state index contributed by atoms with van der Waals surface area (Å²) in [4.78, 5) is 12.1. The number of nitrogens with one attached hydrogen (secondary N) is 1. The lowest BCUT2D eigenvalue weighted by Gasteiger charge is -2.02. The molecule has 1 amide bonds. The van der Waals surface area contributed by atoms with Gasteiger partial charge in [-0.1, -0.05) is 47.2 Å². The van der Waals surface area contributed by atoms with Crippen molar-refractivity contribution in [3.63, 3.8) is 0 Å². The zero-order valence-electron chi connectivity index (χ0n) is 13.6. The molecule has 3 rings (SSSR count). The Morgan fingerprint density at radius 2 is 1.81 bits per heavy atom. The number of nitrogens with zero attached hydrogens (tertiary/aromatic N) is 2. The molecule has 0 aliphatic carbocycles. The van der Waals surface area contributed by atoms with E-state index >= 15 is 0 Å². The van der Waals surface area contributed by atoms with Crippen LogP contribution in [0.3, 0.4) is 0 Å². The molecule has 0 saturated carbocycles. The smallest absolute Gasteiger partial charge is 0.257 e. The number of aryl methyl sites for hydroxylation is 1. The van der Waals surface area contributed by atoms with Gasteiger partial charge in [-0.25, -0.2) is 12.8 Å². The van der Waals surface area contributed by atoms with Gasteiger partial charge in [0.15, 0.2) is 0 Å². The lowest BCUT2D eigenvalue weighted by atomic mass is 10.1. The maximum Gasteiger partial charge on any atom is 0.257 e. The standard InChI is InChI=1S/C17H14FN3O3S2/c1-11-6-8-12(9-7-11)15(22)19-16-20-21-17(25-16)26(23,24)10-13-4-2-3-5-14(13)18/h2-9H,10H2,1H3,(H,19,20,22). The van der Waals surface area contributed by atoms with Gasteiger partial charge in [-0.05, 0) is 25.1 Å². The molecule has 1 N–H and O–H groups in total. The maximum absolute atomic E-state index is 13.7. The molecular weight excluding hydrogens is 377 g/mol. The molecule has 1 aromatic heterocycles. The number of sulfone groups is 1. The Morgan fingerprint density at radius 3 is 2.50 bits per heavy atom. The van der Waals surface area contributed by atoms with Crippen molar-refractivity contribution in [3.8, 4) is 0 Å². The van der Waals surface area contributed by atoms with E-state index in [4.69, 9.17) is 0 Å². The fraction of sp³-hybridized carbons (Fsp3) is 0.118. The molecule has 9 heteroatoms. The molecule has 0 saturated heterocycles. The summed E-state index contributed by atoms with van der Waals surface area (Å²) in [5, 5.41) is 9.88. The van der Waals surface area contributed by atoms with Crippen LogP contribution >= 0.6 is 11.3 Å². The van der Waals surface area contributed by atoms with E-state index in [-0.39, 0.29) is 15.0 Å². The normalized spacial score (nSPS) is 11.3. The number of amides is 1. The zero-order valence-corrected chi connectivity index (χ0v) is 15.3. The second-order valence-corrected chi connectivity index (χ2v) is 8.68. The van der Waals surface area contributed by atoms with E-state index in [2.05, 4.69) is 15.5 Å². The van der Waals surface area contributed by atoms with Gasteiger partial charge in [0.05, 0.1) is 5.75 Å². The van der Waals surface area contributed by atoms with Gasteiger partial charge in [-0.3, -0.25) is 10.1 Å². The summed E-state index contributed by atoms with van der Waals surface area (Å²) >= 11 is 0.726. The highest BCUT2D eigenvalue weighted by Gasteiger charge is 2.23. The lowest BCUT2D eigenvalue weighted by Crippen LogP contribution is -2.11. The van der Waals surface area contributed by atoms with Gasteiger partial charge in [-0.15, -0.1) is 10.2 Å². The number of carbonyl (C=O) groups excluding carboxylic acids is 1. The fourth-order valence-corrected chi connectivity index (χ4v) is 4.47. The first-order valence-electron chi connectivity index (χ1n) is 7.53. The Labute approximate surface area is 153 Å². The monoisotopic (exact) mass is 391 g/mol. The molecule has 0 bridgehead atoms. The summed E-state index contributed by atoms with van der Waals surface area (Å²) < 4.78 is 38.2. The second kappa shape index (κ2) is 7.30. The van der Waals surface area contributed by atoms with E-state index in [1.165, 1.54) is 18.2 Å². The van der Waals surface area contributed by atoms with Crippen LogP contribution in [-0.2, 0) is 15.6 Å². The topological polar surface area (TPSA) is 89.0 Å². The summed E-state index contributed by atoms with van der Waals surface area (Å²) in [7, 11) is -3.87. The van der Waals surface area contributed by atoms with Gasteiger partial charge < -0.3 is 0 Å². The SMILES string of the molecule is Cc1ccc(C(=O)Nc2nnc(S(=O)(=O)Cc3ccccc3F)s2)cc1. The average molecular weight is 391 g/mol. The van der Waals surface area contributed by atoms with Crippen LogP contribution in [0.4, 0.5) is 9.52 Å². The molecule has 0 atom stereocenters. The van der Waals surface area contributed by atoms with E-state index in [9.17, 15) is 17.6 Å². The summed E-state index contributed by atoms with van der Waals surface area (Å²) in [5.74, 6) is -1.55. The Bertz CT molecular complexity index is 1050. The molecule has 1 heterocycles. The summed E-state index contributed by atoms with van der Waals surface area (Å²) in [5.41, 5.74) is 1.48. The molecule has 0 radical (unpaired) electrons. The van der Waals surface area contributed by atoms with Crippen LogP contribution in [-0.4, -0.2) is 24.5 Å². The molecule has 0 aliphatic rings. The Morgan fingerprint density at radius 1 is 1.12 bits per heavy atom. The molecule has 0 aliphatic heterocycles. The Hall–Kier alpha value is -2.65. The van der Waals surface area contributed by atoms with Gasteiger partial charge in [-0.2, -0.15) is 0 Å². The average Bonchev–Trinajstić information content (AvgIpc) is 3.07. The number of hydrogen-bond donors (Lipinski definition) is 1. The van der Waals surface area contributed by atoms with E-state index in [1.807, 2.05) is 6.92 Å². The summed E-state index contributed by atoms with van der Waals surface area (Å²) in [6, 6.07) is 12.5. The van der Waals surface area contributed by atoms with Crippen molar-refractivity contribution in [3.05, 3.63) is 71.0 Å². The van der Waals surface area contributed by atoms with Crippen LogP contribution in [0.25, 0.3) is 0 Å². The van der Waals surface area contributed by atoms with Crippen molar-refractivity contribution in [2.45, 2.75) is 17.0 Å². The quantitative estimate of drug-likeness (QED) is 0.675. The number of anilines is 1. The van der Waals surface area contributed by atoms with Gasteiger partial charge in [0.1, 0.15) is 5.82 Å². The minimum Gasteiger partial charge on any atom is -0.296 e. The third-order valence-corrected chi connectivity index (χ3v) is 6.46. The van der Waals surface area contributed by atoms with Crippen LogP contribution in [0.15, 0.2) is 52.9 Å². The Kier molecular flexibility index (Phi) is 5.10. The minimum absolute atomic E-state index is 0.0490. The highest BCUT2D eigenvalue weighted by Crippen LogP contribution is 2.24. The van der Waals surface area contributed by atoms with Crippen molar-refractivity contribution in [1.29, 1.82) is 0 Å². The molecule has 0 unspecified atom stereocenters. The van der Waals surface area contributed by atoms with Crippen molar-refractivity contribution in [2.75, 3.05) is 5.32 Å². The minimum atomic E-state index is -3.87. The van der Waals surface area contributed by atoms with Crippen molar-refractivity contribution < 1.29 is 17.6 Å². The number of aromatic nitrogens is 2. The summed E-state index contributed by atoms with van der Waals surface area (Å²) in [6.07, 6.45) is 0. The van der Waals surface area contributed by atoms with Crippen molar-refractivity contribution in [1.82, 2.24) is 10.2 Å². The van der Waals surface area contributed by atoms with E-state index in [0.717, 1.165) is 16.9 Å². The highest BCUT2D eigenvalue weighted by molar-refractivity contribution is 7.92. The van der Waals surface area contributed by atoms with Gasteiger partial charge in [0.2, 0.25) is 19.3 Å². The van der Waals surface area contributed by atoms with Crippen molar-refractivity contribution >= 4 is 32.2 Å². The first-order valence-corrected chi connectivity index (χ1v) is 10.00. The first-order chi connectivity index (χ1) is 12.3.